The van der Waals surface area contributed by atoms with E-state index in [9.17, 15) is 9.59 Å². The van der Waals surface area contributed by atoms with E-state index in [2.05, 4.69) is 15.6 Å². The van der Waals surface area contributed by atoms with Gasteiger partial charge in [-0.05, 0) is 31.0 Å². The number of ether oxygens (including phenoxy) is 1. The summed E-state index contributed by atoms with van der Waals surface area (Å²) in [5, 5.41) is 6.40. The van der Waals surface area contributed by atoms with E-state index in [4.69, 9.17) is 4.74 Å². The van der Waals surface area contributed by atoms with Crippen LogP contribution in [0, 0.1) is 5.92 Å². The summed E-state index contributed by atoms with van der Waals surface area (Å²) in [6.45, 7) is 5.52. The average Bonchev–Trinajstić information content (AvgIpc) is 2.64. The Morgan fingerprint density at radius 1 is 1.26 bits per heavy atom. The number of carbonyl (C=O) groups excluding carboxylic acids is 2. The van der Waals surface area contributed by atoms with Crippen molar-refractivity contribution in [1.82, 2.24) is 15.5 Å². The number of guanidine groups is 1. The largest absolute Gasteiger partial charge is 0.469 e. The number of amides is 1. The summed E-state index contributed by atoms with van der Waals surface area (Å²) in [7, 11) is 4.86. The molecule has 2 N–H and O–H groups in total. The van der Waals surface area contributed by atoms with E-state index < -0.39 is 0 Å². The Labute approximate surface area is 179 Å². The van der Waals surface area contributed by atoms with Crippen LogP contribution in [0.25, 0.3) is 0 Å². The Morgan fingerprint density at radius 2 is 1.96 bits per heavy atom. The zero-order valence-corrected chi connectivity index (χ0v) is 19.1. The second-order valence-electron chi connectivity index (χ2n) is 6.22. The molecule has 0 radical (unpaired) electrons. The molecule has 0 aliphatic carbocycles. The smallest absolute Gasteiger partial charge is 0.310 e. The number of hydrogen-bond donors (Lipinski definition) is 2. The van der Waals surface area contributed by atoms with Crippen molar-refractivity contribution in [2.75, 3.05) is 40.8 Å². The van der Waals surface area contributed by atoms with Crippen molar-refractivity contribution in [3.63, 3.8) is 0 Å². The second kappa shape index (κ2) is 13.3. The van der Waals surface area contributed by atoms with E-state index in [1.54, 1.807) is 25.9 Å². The monoisotopic (exact) mass is 490 g/mol. The number of nitrogens with zero attached hydrogens (tertiary/aromatic N) is 2. The number of benzene rings is 1. The van der Waals surface area contributed by atoms with Crippen molar-refractivity contribution >= 4 is 41.8 Å². The number of carbonyl (C=O) groups is 2. The van der Waals surface area contributed by atoms with Gasteiger partial charge in [-0.3, -0.25) is 14.6 Å². The molecule has 1 atom stereocenters. The van der Waals surface area contributed by atoms with E-state index in [0.29, 0.717) is 24.6 Å². The molecule has 1 aromatic rings. The minimum absolute atomic E-state index is 0. The van der Waals surface area contributed by atoms with Crippen LogP contribution in [0.5, 0.6) is 0 Å². The van der Waals surface area contributed by atoms with E-state index in [0.717, 1.165) is 18.5 Å². The van der Waals surface area contributed by atoms with Crippen molar-refractivity contribution in [2.24, 2.45) is 10.9 Å². The van der Waals surface area contributed by atoms with Crippen LogP contribution < -0.4 is 10.6 Å². The summed E-state index contributed by atoms with van der Waals surface area (Å²) in [6, 6.07) is 7.62. The zero-order chi connectivity index (χ0) is 19.5. The summed E-state index contributed by atoms with van der Waals surface area (Å²) in [5.41, 5.74) is 1.75. The summed E-state index contributed by atoms with van der Waals surface area (Å²) in [6.07, 6.45) is 0.755. The highest BCUT2D eigenvalue weighted by Crippen LogP contribution is 2.07. The topological polar surface area (TPSA) is 83.0 Å². The molecular formula is C19H31IN4O3. The van der Waals surface area contributed by atoms with Crippen LogP contribution in [-0.2, 0) is 16.0 Å². The Bertz CT molecular complexity index is 635. The first-order valence-electron chi connectivity index (χ1n) is 8.79. The molecule has 8 heteroatoms. The maximum Gasteiger partial charge on any atom is 0.310 e. The molecule has 0 heterocycles. The molecule has 152 valence electrons. The van der Waals surface area contributed by atoms with Gasteiger partial charge < -0.3 is 20.3 Å². The van der Waals surface area contributed by atoms with Crippen LogP contribution in [0.3, 0.4) is 0 Å². The molecule has 0 spiro atoms. The van der Waals surface area contributed by atoms with Gasteiger partial charge in [-0.2, -0.15) is 0 Å². The first-order valence-corrected chi connectivity index (χ1v) is 8.79. The highest BCUT2D eigenvalue weighted by Gasteiger charge is 2.12. The molecule has 27 heavy (non-hydrogen) atoms. The maximum atomic E-state index is 12.0. The molecule has 1 aromatic carbocycles. The quantitative estimate of drug-likeness (QED) is 0.252. The van der Waals surface area contributed by atoms with E-state index in [1.807, 2.05) is 31.2 Å². The van der Waals surface area contributed by atoms with Gasteiger partial charge in [-0.15, -0.1) is 24.0 Å². The fraction of sp³-hybridized carbons (Fsp3) is 0.526. The normalized spacial score (nSPS) is 11.8. The molecule has 0 saturated heterocycles. The van der Waals surface area contributed by atoms with Crippen LogP contribution in [0.1, 0.15) is 29.8 Å². The fourth-order valence-electron chi connectivity index (χ4n) is 2.29. The van der Waals surface area contributed by atoms with Crippen molar-refractivity contribution in [3.8, 4) is 0 Å². The molecule has 1 rings (SSSR count). The summed E-state index contributed by atoms with van der Waals surface area (Å²) in [5.74, 6) is 0.0893. The Hall–Kier alpha value is -1.84. The lowest BCUT2D eigenvalue weighted by atomic mass is 10.1. The lowest BCUT2D eigenvalue weighted by molar-refractivity contribution is -0.144. The summed E-state index contributed by atoms with van der Waals surface area (Å²) in [4.78, 5) is 29.5. The number of esters is 1. The van der Waals surface area contributed by atoms with E-state index >= 15 is 0 Å². The number of aliphatic imine (C=N–C) groups is 1. The first-order chi connectivity index (χ1) is 12.4. The molecule has 0 saturated carbocycles. The molecule has 0 bridgehead atoms. The van der Waals surface area contributed by atoms with Gasteiger partial charge >= 0.3 is 5.97 Å². The molecule has 0 aliphatic heterocycles. The van der Waals surface area contributed by atoms with Crippen LogP contribution in [0.4, 0.5) is 0 Å². The fourth-order valence-corrected chi connectivity index (χ4v) is 2.29. The van der Waals surface area contributed by atoms with Gasteiger partial charge in [0.05, 0.1) is 19.6 Å². The Kier molecular flexibility index (Phi) is 12.4. The number of rotatable bonds is 8. The van der Waals surface area contributed by atoms with Gasteiger partial charge in [0.2, 0.25) is 0 Å². The molecule has 1 unspecified atom stereocenters. The van der Waals surface area contributed by atoms with Crippen molar-refractivity contribution < 1.29 is 14.3 Å². The summed E-state index contributed by atoms with van der Waals surface area (Å²) >= 11 is 0. The van der Waals surface area contributed by atoms with Gasteiger partial charge in [0, 0.05) is 32.7 Å². The SMILES string of the molecule is CCNC(=NCC(C)C(=O)OC)NCCc1cccc(C(=O)N(C)C)c1.I. The van der Waals surface area contributed by atoms with Crippen molar-refractivity contribution in [2.45, 2.75) is 20.3 Å². The number of methoxy groups -OCH3 is 1. The zero-order valence-electron chi connectivity index (χ0n) is 16.7. The molecule has 0 aromatic heterocycles. The Balaban J connectivity index is 0.00000676. The minimum Gasteiger partial charge on any atom is -0.469 e. The van der Waals surface area contributed by atoms with Crippen molar-refractivity contribution in [1.29, 1.82) is 0 Å². The number of halogens is 1. The molecule has 0 aliphatic rings. The third-order valence-electron chi connectivity index (χ3n) is 3.76. The number of nitrogens with one attached hydrogen (secondary N) is 2. The molecular weight excluding hydrogens is 459 g/mol. The maximum absolute atomic E-state index is 12.0. The van der Waals surface area contributed by atoms with Gasteiger partial charge in [0.15, 0.2) is 5.96 Å². The predicted molar refractivity (Wildman–Crippen MR) is 119 cm³/mol. The van der Waals surface area contributed by atoms with Gasteiger partial charge in [-0.25, -0.2) is 0 Å². The highest BCUT2D eigenvalue weighted by molar-refractivity contribution is 14.0. The average molecular weight is 490 g/mol. The predicted octanol–water partition coefficient (Wildman–Crippen LogP) is 1.91. The second-order valence-corrected chi connectivity index (χ2v) is 6.22. The molecule has 1 amide bonds. The van der Waals surface area contributed by atoms with E-state index in [1.165, 1.54) is 7.11 Å². The lowest BCUT2D eigenvalue weighted by Crippen LogP contribution is -2.38. The van der Waals surface area contributed by atoms with Crippen LogP contribution in [0.2, 0.25) is 0 Å². The van der Waals surface area contributed by atoms with Crippen LogP contribution >= 0.6 is 24.0 Å². The number of hydrogen-bond acceptors (Lipinski definition) is 4. The minimum atomic E-state index is -0.288. The van der Waals surface area contributed by atoms with Crippen LogP contribution in [0.15, 0.2) is 29.3 Å². The third kappa shape index (κ3) is 9.07. The van der Waals surface area contributed by atoms with E-state index in [-0.39, 0.29) is 41.8 Å². The van der Waals surface area contributed by atoms with Crippen LogP contribution in [-0.4, -0.2) is 63.6 Å². The molecule has 7 nitrogen and oxygen atoms in total. The standard InChI is InChI=1S/C19H30N4O3.HI/c1-6-20-19(22-13-14(2)18(25)26-5)21-11-10-15-8-7-9-16(12-15)17(24)23(3)4;/h7-9,12,14H,6,10-11,13H2,1-5H3,(H2,20,21,22);1H. The first kappa shape index (κ1) is 25.2. The van der Waals surface area contributed by atoms with Crippen molar-refractivity contribution in [3.05, 3.63) is 35.4 Å². The summed E-state index contributed by atoms with van der Waals surface area (Å²) < 4.78 is 4.71. The molecule has 0 fully saturated rings. The Morgan fingerprint density at radius 3 is 2.56 bits per heavy atom. The lowest BCUT2D eigenvalue weighted by Gasteiger charge is -2.13. The van der Waals surface area contributed by atoms with Gasteiger partial charge in [-0.1, -0.05) is 19.1 Å². The van der Waals surface area contributed by atoms with Gasteiger partial charge in [0.25, 0.3) is 5.91 Å². The third-order valence-corrected chi connectivity index (χ3v) is 3.76. The van der Waals surface area contributed by atoms with Gasteiger partial charge in [0.1, 0.15) is 0 Å². The highest BCUT2D eigenvalue weighted by atomic mass is 127.